The number of anilines is 2. The minimum atomic E-state index is -4.56. The Morgan fingerprint density at radius 3 is 2.44 bits per heavy atom. The molecule has 0 unspecified atom stereocenters. The van der Waals surface area contributed by atoms with Crippen LogP contribution in [-0.2, 0) is 15.7 Å². The normalized spacial score (nSPS) is 11.3. The van der Waals surface area contributed by atoms with Crippen LogP contribution in [0.1, 0.15) is 10.4 Å². The molecule has 1 aromatic heterocycles. The van der Waals surface area contributed by atoms with E-state index in [9.17, 15) is 22.8 Å². The van der Waals surface area contributed by atoms with Crippen molar-refractivity contribution in [2.24, 2.45) is 0 Å². The first-order chi connectivity index (χ1) is 12.7. The highest BCUT2D eigenvalue weighted by Gasteiger charge is 2.31. The molecule has 0 spiro atoms. The smallest absolute Gasteiger partial charge is 0.416 e. The zero-order chi connectivity index (χ0) is 20.0. The monoisotopic (exact) mass is 400 g/mol. The van der Waals surface area contributed by atoms with Crippen LogP contribution in [0.3, 0.4) is 0 Å². The van der Waals surface area contributed by atoms with Crippen molar-refractivity contribution in [2.45, 2.75) is 6.18 Å². The molecule has 1 aromatic carbocycles. The summed E-state index contributed by atoms with van der Waals surface area (Å²) in [4.78, 5) is 23.9. The molecule has 0 aliphatic carbocycles. The average molecular weight is 400 g/mol. The summed E-state index contributed by atoms with van der Waals surface area (Å²) in [6.45, 7) is 0. The summed E-state index contributed by atoms with van der Waals surface area (Å²) in [6, 6.07) is 3.58. The summed E-state index contributed by atoms with van der Waals surface area (Å²) in [5.41, 5.74) is -0.675. The van der Waals surface area contributed by atoms with Gasteiger partial charge in [-0.3, -0.25) is 0 Å². The maximum Gasteiger partial charge on any atom is 0.416 e. The second kappa shape index (κ2) is 8.58. The second-order valence-corrected chi connectivity index (χ2v) is 5.99. The van der Waals surface area contributed by atoms with Gasteiger partial charge in [0.15, 0.2) is 0 Å². The number of thiophene rings is 1. The van der Waals surface area contributed by atoms with Crippen LogP contribution < -0.4 is 15.4 Å². The molecule has 0 bridgehead atoms. The fourth-order valence-corrected chi connectivity index (χ4v) is 2.77. The molecule has 0 aliphatic rings. The first-order valence-corrected chi connectivity index (χ1v) is 8.29. The molecule has 0 radical (unpaired) electrons. The lowest BCUT2D eigenvalue weighted by atomic mass is 10.2. The Kier molecular flexibility index (Phi) is 6.45. The first-order valence-electron chi connectivity index (χ1n) is 7.41. The van der Waals surface area contributed by atoms with Crippen LogP contribution >= 0.6 is 11.3 Å². The molecule has 10 heteroatoms. The molecule has 27 heavy (non-hydrogen) atoms. The van der Waals surface area contributed by atoms with E-state index in [-0.39, 0.29) is 11.4 Å². The number of nitrogens with one attached hydrogen (secondary N) is 2. The van der Waals surface area contributed by atoms with E-state index < -0.39 is 23.7 Å². The maximum atomic E-state index is 12.9. The predicted octanol–water partition coefficient (Wildman–Crippen LogP) is 4.61. The van der Waals surface area contributed by atoms with Gasteiger partial charge in [0.25, 0.3) is 0 Å². The number of carbonyl (C=O) groups excluding carboxylic acids is 2. The predicted molar refractivity (Wildman–Crippen MR) is 96.0 cm³/mol. The molecule has 2 aromatic rings. The van der Waals surface area contributed by atoms with Crippen molar-refractivity contribution < 1.29 is 32.2 Å². The van der Waals surface area contributed by atoms with Gasteiger partial charge in [0, 0.05) is 6.08 Å². The minimum absolute atomic E-state index is 0.0780. The van der Waals surface area contributed by atoms with Gasteiger partial charge < -0.3 is 20.1 Å². The fourth-order valence-electron chi connectivity index (χ4n) is 2.02. The number of halogens is 3. The van der Waals surface area contributed by atoms with Gasteiger partial charge in [-0.15, -0.1) is 11.3 Å². The number of benzene rings is 1. The number of alkyl halides is 3. The number of rotatable bonds is 5. The number of ether oxygens (including phenoxy) is 2. The Labute approximate surface area is 156 Å². The zero-order valence-electron chi connectivity index (χ0n) is 14.2. The summed E-state index contributed by atoms with van der Waals surface area (Å²) in [5, 5.41) is 6.52. The summed E-state index contributed by atoms with van der Waals surface area (Å²) in [6.07, 6.45) is -1.92. The number of amides is 2. The highest BCUT2D eigenvalue weighted by molar-refractivity contribution is 7.11. The SMILES string of the molecule is COC(=O)/C=C\c1sccc1NC(=O)Nc1cc(C(F)(F)F)ccc1OC. The number of urea groups is 1. The van der Waals surface area contributed by atoms with E-state index in [1.165, 1.54) is 37.7 Å². The van der Waals surface area contributed by atoms with Crippen LogP contribution in [0.5, 0.6) is 5.75 Å². The van der Waals surface area contributed by atoms with Gasteiger partial charge in [-0.25, -0.2) is 9.59 Å². The quantitative estimate of drug-likeness (QED) is 0.568. The molecular formula is C17H15F3N2O4S. The van der Waals surface area contributed by atoms with E-state index in [0.29, 0.717) is 10.6 Å². The Hall–Kier alpha value is -3.01. The fraction of sp³-hybridized carbons (Fsp3) is 0.176. The Bertz CT molecular complexity index is 862. The number of hydrogen-bond donors (Lipinski definition) is 2. The molecule has 6 nitrogen and oxygen atoms in total. The second-order valence-electron chi connectivity index (χ2n) is 5.05. The Morgan fingerprint density at radius 1 is 1.11 bits per heavy atom. The third kappa shape index (κ3) is 5.48. The number of methoxy groups -OCH3 is 2. The molecule has 2 N–H and O–H groups in total. The number of esters is 1. The molecule has 0 atom stereocenters. The molecule has 0 saturated carbocycles. The molecule has 144 valence electrons. The maximum absolute atomic E-state index is 12.9. The molecule has 0 saturated heterocycles. The van der Waals surface area contributed by atoms with E-state index in [4.69, 9.17) is 4.74 Å². The van der Waals surface area contributed by atoms with Crippen molar-refractivity contribution in [3.63, 3.8) is 0 Å². The lowest BCUT2D eigenvalue weighted by Gasteiger charge is -2.14. The van der Waals surface area contributed by atoms with Crippen molar-refractivity contribution in [1.29, 1.82) is 0 Å². The van der Waals surface area contributed by atoms with Crippen molar-refractivity contribution in [2.75, 3.05) is 24.9 Å². The van der Waals surface area contributed by atoms with E-state index in [0.717, 1.165) is 18.2 Å². The molecule has 1 heterocycles. The third-order valence-corrected chi connectivity index (χ3v) is 4.17. The Morgan fingerprint density at radius 2 is 1.81 bits per heavy atom. The molecular weight excluding hydrogens is 385 g/mol. The van der Waals surface area contributed by atoms with Crippen LogP contribution in [-0.4, -0.2) is 26.2 Å². The summed E-state index contributed by atoms with van der Waals surface area (Å²) >= 11 is 1.25. The molecule has 2 rings (SSSR count). The molecule has 0 aliphatic heterocycles. The van der Waals surface area contributed by atoms with Gasteiger partial charge in [-0.1, -0.05) is 0 Å². The van der Waals surface area contributed by atoms with Crippen molar-refractivity contribution >= 4 is 40.8 Å². The van der Waals surface area contributed by atoms with Gasteiger partial charge >= 0.3 is 18.2 Å². The van der Waals surface area contributed by atoms with Gasteiger partial charge in [-0.05, 0) is 35.7 Å². The lowest BCUT2D eigenvalue weighted by Crippen LogP contribution is -2.20. The molecule has 2 amide bonds. The highest BCUT2D eigenvalue weighted by Crippen LogP contribution is 2.35. The van der Waals surface area contributed by atoms with E-state index >= 15 is 0 Å². The van der Waals surface area contributed by atoms with Crippen LogP contribution in [0.25, 0.3) is 6.08 Å². The number of carbonyl (C=O) groups is 2. The van der Waals surface area contributed by atoms with E-state index in [1.54, 1.807) is 11.4 Å². The van der Waals surface area contributed by atoms with Gasteiger partial charge in [0.1, 0.15) is 5.75 Å². The minimum Gasteiger partial charge on any atom is -0.495 e. The van der Waals surface area contributed by atoms with Crippen LogP contribution in [0.2, 0.25) is 0 Å². The van der Waals surface area contributed by atoms with Crippen LogP contribution in [0.15, 0.2) is 35.7 Å². The van der Waals surface area contributed by atoms with Gasteiger partial charge in [0.05, 0.1) is 36.0 Å². The summed E-state index contributed by atoms with van der Waals surface area (Å²) in [7, 11) is 2.51. The van der Waals surface area contributed by atoms with E-state index in [2.05, 4.69) is 15.4 Å². The summed E-state index contributed by atoms with van der Waals surface area (Å²) in [5.74, 6) is -0.484. The van der Waals surface area contributed by atoms with Crippen LogP contribution in [0.4, 0.5) is 29.3 Å². The average Bonchev–Trinajstić information content (AvgIpc) is 3.05. The Balaban J connectivity index is 2.16. The van der Waals surface area contributed by atoms with Gasteiger partial charge in [0.2, 0.25) is 0 Å². The topological polar surface area (TPSA) is 76.7 Å². The van der Waals surface area contributed by atoms with Gasteiger partial charge in [-0.2, -0.15) is 13.2 Å². The number of hydrogen-bond acceptors (Lipinski definition) is 5. The lowest BCUT2D eigenvalue weighted by molar-refractivity contribution is -0.137. The zero-order valence-corrected chi connectivity index (χ0v) is 15.0. The van der Waals surface area contributed by atoms with Crippen LogP contribution in [0, 0.1) is 0 Å². The first kappa shape index (κ1) is 20.3. The highest BCUT2D eigenvalue weighted by atomic mass is 32.1. The van der Waals surface area contributed by atoms with Crippen molar-refractivity contribution in [1.82, 2.24) is 0 Å². The third-order valence-electron chi connectivity index (χ3n) is 3.29. The standard InChI is InChI=1S/C17H15F3N2O4S/c1-25-13-4-3-10(17(18,19)20)9-12(13)22-16(24)21-11-7-8-27-14(11)5-6-15(23)26-2/h3-9H,1-2H3,(H2,21,22,24)/b6-5-. The summed E-state index contributed by atoms with van der Waals surface area (Å²) < 4.78 is 48.1. The van der Waals surface area contributed by atoms with Crippen molar-refractivity contribution in [3.05, 3.63) is 46.2 Å². The largest absolute Gasteiger partial charge is 0.495 e. The molecule has 0 fully saturated rings. The van der Waals surface area contributed by atoms with Crippen molar-refractivity contribution in [3.8, 4) is 5.75 Å². The van der Waals surface area contributed by atoms with E-state index in [1.807, 2.05) is 0 Å².